The van der Waals surface area contributed by atoms with Crippen LogP contribution in [0.2, 0.25) is 0 Å². The molecule has 4 aromatic rings. The van der Waals surface area contributed by atoms with E-state index in [0.717, 1.165) is 22.5 Å². The molecule has 2 N–H and O–H groups in total. The first-order valence-corrected chi connectivity index (χ1v) is 12.3. The summed E-state index contributed by atoms with van der Waals surface area (Å²) in [6.45, 7) is 0.447. The van der Waals surface area contributed by atoms with Crippen LogP contribution in [0.1, 0.15) is 16.0 Å². The van der Waals surface area contributed by atoms with Crippen molar-refractivity contribution in [2.45, 2.75) is 17.7 Å². The molecule has 4 rings (SSSR count). The number of thiazole rings is 1. The van der Waals surface area contributed by atoms with E-state index in [4.69, 9.17) is 8.92 Å². The van der Waals surface area contributed by atoms with Crippen molar-refractivity contribution < 1.29 is 22.4 Å². The second-order valence-corrected chi connectivity index (χ2v) is 9.81. The number of H-pyrrole nitrogens is 1. The third-order valence-corrected chi connectivity index (χ3v) is 6.94. The Balaban J connectivity index is 1.27. The molecule has 0 saturated carbocycles. The van der Waals surface area contributed by atoms with Crippen LogP contribution in [0.4, 0.5) is 0 Å². The molecule has 7 nitrogen and oxygen atoms in total. The van der Waals surface area contributed by atoms with E-state index in [2.05, 4.69) is 4.98 Å². The predicted molar refractivity (Wildman–Crippen MR) is 126 cm³/mol. The van der Waals surface area contributed by atoms with E-state index in [0.29, 0.717) is 30.1 Å². The van der Waals surface area contributed by atoms with Crippen LogP contribution < -0.4 is 13.8 Å². The topological polar surface area (TPSA) is 106 Å². The highest BCUT2D eigenvalue weighted by Crippen LogP contribution is 2.22. The smallest absolute Gasteiger partial charge is 0.339 e. The highest BCUT2D eigenvalue weighted by atomic mass is 32.2. The molecule has 1 heterocycles. The van der Waals surface area contributed by atoms with Gasteiger partial charge in [-0.25, -0.2) is 0 Å². The lowest BCUT2D eigenvalue weighted by molar-refractivity contribution is 0.322. The molecule has 0 aliphatic heterocycles. The van der Waals surface area contributed by atoms with Gasteiger partial charge in [0.2, 0.25) is 5.88 Å². The van der Waals surface area contributed by atoms with Crippen molar-refractivity contribution in [3.05, 3.63) is 105 Å². The van der Waals surface area contributed by atoms with Gasteiger partial charge in [0, 0.05) is 12.8 Å². The number of nitrogens with one attached hydrogen (secondary N) is 1. The maximum Gasteiger partial charge on any atom is 0.339 e. The second-order valence-electron chi connectivity index (χ2n) is 7.20. The van der Waals surface area contributed by atoms with Gasteiger partial charge in [-0.15, -0.1) is 0 Å². The molecule has 9 heteroatoms. The van der Waals surface area contributed by atoms with Gasteiger partial charge >= 0.3 is 15.0 Å². The van der Waals surface area contributed by atoms with Gasteiger partial charge in [0.05, 0.1) is 11.5 Å². The van der Waals surface area contributed by atoms with Gasteiger partial charge in [-0.3, -0.25) is 9.78 Å². The number of aromatic hydroxyl groups is 1. The molecular formula is C24H21NO6S2. The molecule has 0 aliphatic rings. The van der Waals surface area contributed by atoms with Crippen molar-refractivity contribution in [2.75, 3.05) is 6.61 Å². The van der Waals surface area contributed by atoms with Gasteiger partial charge in [-0.2, -0.15) is 8.42 Å². The van der Waals surface area contributed by atoms with Gasteiger partial charge < -0.3 is 14.0 Å². The molecule has 0 bridgehead atoms. The Morgan fingerprint density at radius 1 is 0.848 bits per heavy atom. The Morgan fingerprint density at radius 2 is 1.48 bits per heavy atom. The lowest BCUT2D eigenvalue weighted by Gasteiger charge is -2.09. The van der Waals surface area contributed by atoms with E-state index in [1.165, 1.54) is 12.1 Å². The maximum atomic E-state index is 12.3. The minimum Gasteiger partial charge on any atom is -0.494 e. The number of rotatable bonds is 9. The normalized spacial score (nSPS) is 11.3. The lowest BCUT2D eigenvalue weighted by atomic mass is 10.1. The summed E-state index contributed by atoms with van der Waals surface area (Å²) in [5.74, 6) is 0.871. The van der Waals surface area contributed by atoms with Crippen LogP contribution in [0.25, 0.3) is 0 Å². The number of ether oxygens (including phenoxy) is 1. The highest BCUT2D eigenvalue weighted by Gasteiger charge is 2.15. The summed E-state index contributed by atoms with van der Waals surface area (Å²) < 4.78 is 35.5. The molecule has 0 amide bonds. The van der Waals surface area contributed by atoms with Gasteiger partial charge in [0.25, 0.3) is 0 Å². The molecule has 0 spiro atoms. The maximum absolute atomic E-state index is 12.3. The fourth-order valence-corrected chi connectivity index (χ4v) is 4.83. The fraction of sp³-hybridized carbons (Fsp3) is 0.125. The largest absolute Gasteiger partial charge is 0.494 e. The molecule has 3 aromatic carbocycles. The third kappa shape index (κ3) is 6.03. The number of hydrogen-bond donors (Lipinski definition) is 2. The van der Waals surface area contributed by atoms with Crippen LogP contribution in [0, 0.1) is 0 Å². The average molecular weight is 484 g/mol. The van der Waals surface area contributed by atoms with Gasteiger partial charge in [-0.05, 0) is 47.5 Å². The Bertz CT molecular complexity index is 1360. The van der Waals surface area contributed by atoms with Crippen molar-refractivity contribution in [1.29, 1.82) is 0 Å². The predicted octanol–water partition coefficient (Wildman–Crippen LogP) is 4.12. The minimum absolute atomic E-state index is 0.0839. The second kappa shape index (κ2) is 9.93. The molecule has 0 unspecified atom stereocenters. The first-order valence-electron chi connectivity index (χ1n) is 10.1. The van der Waals surface area contributed by atoms with Crippen LogP contribution >= 0.6 is 11.3 Å². The summed E-state index contributed by atoms with van der Waals surface area (Å²) in [7, 11) is -3.86. The first-order chi connectivity index (χ1) is 15.9. The molecule has 33 heavy (non-hydrogen) atoms. The van der Waals surface area contributed by atoms with E-state index in [1.807, 2.05) is 24.3 Å². The summed E-state index contributed by atoms with van der Waals surface area (Å²) in [4.78, 5) is 14.1. The van der Waals surface area contributed by atoms with E-state index < -0.39 is 10.1 Å². The Labute approximate surface area is 195 Å². The average Bonchev–Trinajstić information content (AvgIpc) is 3.13. The summed E-state index contributed by atoms with van der Waals surface area (Å²) in [6, 6.07) is 22.3. The lowest BCUT2D eigenvalue weighted by Crippen LogP contribution is -2.09. The van der Waals surface area contributed by atoms with Gasteiger partial charge in [0.15, 0.2) is 0 Å². The molecule has 0 fully saturated rings. The van der Waals surface area contributed by atoms with E-state index in [-0.39, 0.29) is 21.4 Å². The van der Waals surface area contributed by atoms with Gasteiger partial charge in [0.1, 0.15) is 16.4 Å². The first kappa shape index (κ1) is 22.6. The summed E-state index contributed by atoms with van der Waals surface area (Å²) >= 11 is 0.993. The monoisotopic (exact) mass is 483 g/mol. The third-order valence-electron chi connectivity index (χ3n) is 4.81. The van der Waals surface area contributed by atoms with Crippen molar-refractivity contribution in [3.63, 3.8) is 0 Å². The zero-order valence-corrected chi connectivity index (χ0v) is 19.1. The van der Waals surface area contributed by atoms with Crippen LogP contribution in [-0.4, -0.2) is 25.1 Å². The van der Waals surface area contributed by atoms with E-state index >= 15 is 0 Å². The van der Waals surface area contributed by atoms with Crippen LogP contribution in [-0.2, 0) is 23.0 Å². The zero-order chi connectivity index (χ0) is 23.3. The Morgan fingerprint density at radius 3 is 2.12 bits per heavy atom. The SMILES string of the molecule is O=c1[nH]c(O)c(Cc2ccc(OCCc3ccc(OS(=O)(=O)c4ccccc4)cc3)cc2)s1. The highest BCUT2D eigenvalue weighted by molar-refractivity contribution is 7.87. The molecule has 0 radical (unpaired) electrons. The number of aromatic amines is 1. The summed E-state index contributed by atoms with van der Waals surface area (Å²) in [6.07, 6.45) is 1.10. The van der Waals surface area contributed by atoms with Gasteiger partial charge in [-0.1, -0.05) is 53.8 Å². The fourth-order valence-electron chi connectivity index (χ4n) is 3.12. The number of aromatic nitrogens is 1. The van der Waals surface area contributed by atoms with Crippen molar-refractivity contribution in [2.24, 2.45) is 0 Å². The Kier molecular flexibility index (Phi) is 6.81. The van der Waals surface area contributed by atoms with Crippen molar-refractivity contribution in [1.82, 2.24) is 4.98 Å². The standard InChI is InChI=1S/C24H21NO6S2/c26-23-22(32-24(27)25-23)16-18-8-10-19(11-9-18)30-15-14-17-6-12-20(13-7-17)31-33(28,29)21-4-2-1-3-5-21/h1-13,26H,14-16H2,(H,25,27). The molecule has 0 saturated heterocycles. The van der Waals surface area contributed by atoms with Crippen molar-refractivity contribution >= 4 is 21.5 Å². The van der Waals surface area contributed by atoms with Crippen LogP contribution in [0.3, 0.4) is 0 Å². The summed E-state index contributed by atoms with van der Waals surface area (Å²) in [5.41, 5.74) is 1.93. The molecule has 0 aliphatic carbocycles. The quantitative estimate of drug-likeness (QED) is 0.347. The van der Waals surface area contributed by atoms with E-state index in [9.17, 15) is 18.3 Å². The zero-order valence-electron chi connectivity index (χ0n) is 17.4. The molecule has 170 valence electrons. The van der Waals surface area contributed by atoms with Crippen molar-refractivity contribution in [3.8, 4) is 17.4 Å². The minimum atomic E-state index is -3.86. The van der Waals surface area contributed by atoms with Crippen LogP contribution in [0.5, 0.6) is 17.4 Å². The number of hydrogen-bond acceptors (Lipinski definition) is 7. The summed E-state index contributed by atoms with van der Waals surface area (Å²) in [5, 5.41) is 9.69. The Hall–Kier alpha value is -3.56. The number of benzene rings is 3. The van der Waals surface area contributed by atoms with Crippen LogP contribution in [0.15, 0.2) is 88.6 Å². The molecule has 1 aromatic heterocycles. The van der Waals surface area contributed by atoms with E-state index in [1.54, 1.807) is 42.5 Å². The molecule has 0 atom stereocenters. The molecular weight excluding hydrogens is 462 g/mol.